The van der Waals surface area contributed by atoms with E-state index in [2.05, 4.69) is 0 Å². The number of ketones is 1. The van der Waals surface area contributed by atoms with Gasteiger partial charge in [0.1, 0.15) is 17.6 Å². The summed E-state index contributed by atoms with van der Waals surface area (Å²) in [5.41, 5.74) is 0. The first-order valence-corrected chi connectivity index (χ1v) is 5.69. The molecule has 4 heteroatoms. The van der Waals surface area contributed by atoms with Crippen LogP contribution in [0.3, 0.4) is 0 Å². The van der Waals surface area contributed by atoms with Crippen LogP contribution in [0, 0.1) is 0 Å². The molecule has 2 rings (SSSR count). The van der Waals surface area contributed by atoms with E-state index < -0.39 is 6.10 Å². The first-order valence-electron chi connectivity index (χ1n) is 5.69. The van der Waals surface area contributed by atoms with Crippen LogP contribution in [0.5, 0.6) is 11.5 Å². The van der Waals surface area contributed by atoms with Crippen molar-refractivity contribution in [3.05, 3.63) is 24.3 Å². The van der Waals surface area contributed by atoms with Crippen molar-refractivity contribution < 1.29 is 19.0 Å². The molecule has 1 aliphatic carbocycles. The third-order valence-corrected chi connectivity index (χ3v) is 2.72. The summed E-state index contributed by atoms with van der Waals surface area (Å²) in [5, 5.41) is 0. The first-order chi connectivity index (χ1) is 8.24. The van der Waals surface area contributed by atoms with Crippen LogP contribution >= 0.6 is 0 Å². The second-order valence-corrected chi connectivity index (χ2v) is 3.89. The van der Waals surface area contributed by atoms with Gasteiger partial charge in [-0.25, -0.2) is 0 Å². The Morgan fingerprint density at radius 3 is 2.76 bits per heavy atom. The molecule has 2 atom stereocenters. The standard InChI is InChI=1S/C13H16O4/c1-3-16-9-5-4-6-10(7-9)17-12-8-11(14)13(12)15-2/h4-7,12-13H,3,8H2,1-2H3. The molecule has 2 unspecified atom stereocenters. The van der Waals surface area contributed by atoms with Crippen LogP contribution in [0.2, 0.25) is 0 Å². The SMILES string of the molecule is CCOc1cccc(OC2CC(=O)C2OC)c1. The highest BCUT2D eigenvalue weighted by atomic mass is 16.5. The molecule has 0 saturated heterocycles. The summed E-state index contributed by atoms with van der Waals surface area (Å²) in [6, 6.07) is 7.40. The average molecular weight is 236 g/mol. The van der Waals surface area contributed by atoms with E-state index in [0.29, 0.717) is 18.8 Å². The van der Waals surface area contributed by atoms with Crippen LogP contribution in [-0.2, 0) is 9.53 Å². The molecule has 1 aromatic carbocycles. The second kappa shape index (κ2) is 5.19. The quantitative estimate of drug-likeness (QED) is 0.782. The van der Waals surface area contributed by atoms with Crippen molar-refractivity contribution >= 4 is 5.78 Å². The summed E-state index contributed by atoms with van der Waals surface area (Å²) in [5.74, 6) is 1.57. The van der Waals surface area contributed by atoms with Crippen molar-refractivity contribution in [1.82, 2.24) is 0 Å². The summed E-state index contributed by atoms with van der Waals surface area (Å²) in [7, 11) is 1.52. The van der Waals surface area contributed by atoms with E-state index in [4.69, 9.17) is 14.2 Å². The van der Waals surface area contributed by atoms with Gasteiger partial charge in [-0.2, -0.15) is 0 Å². The van der Waals surface area contributed by atoms with Gasteiger partial charge in [0.05, 0.1) is 6.61 Å². The molecule has 4 nitrogen and oxygen atoms in total. The Labute approximate surface area is 100 Å². The molecule has 0 amide bonds. The zero-order chi connectivity index (χ0) is 12.3. The topological polar surface area (TPSA) is 44.8 Å². The number of hydrogen-bond donors (Lipinski definition) is 0. The van der Waals surface area contributed by atoms with Crippen LogP contribution in [-0.4, -0.2) is 31.7 Å². The lowest BCUT2D eigenvalue weighted by atomic mass is 9.90. The average Bonchev–Trinajstić information content (AvgIpc) is 2.30. The van der Waals surface area contributed by atoms with Gasteiger partial charge in [0.15, 0.2) is 11.9 Å². The monoisotopic (exact) mass is 236 g/mol. The van der Waals surface area contributed by atoms with Crippen molar-refractivity contribution in [2.45, 2.75) is 25.6 Å². The Kier molecular flexibility index (Phi) is 3.64. The first kappa shape index (κ1) is 11.9. The second-order valence-electron chi connectivity index (χ2n) is 3.89. The third kappa shape index (κ3) is 2.58. The normalized spacial score (nSPS) is 23.1. The highest BCUT2D eigenvalue weighted by Crippen LogP contribution is 2.27. The lowest BCUT2D eigenvalue weighted by Gasteiger charge is -2.33. The molecule has 0 aliphatic heterocycles. The number of rotatable bonds is 5. The summed E-state index contributed by atoms with van der Waals surface area (Å²) < 4.78 is 16.1. The molecule has 0 bridgehead atoms. The molecule has 0 N–H and O–H groups in total. The number of hydrogen-bond acceptors (Lipinski definition) is 4. The molecule has 1 fully saturated rings. The van der Waals surface area contributed by atoms with Crippen molar-refractivity contribution in [2.75, 3.05) is 13.7 Å². The Hall–Kier alpha value is -1.55. The highest BCUT2D eigenvalue weighted by Gasteiger charge is 2.41. The van der Waals surface area contributed by atoms with E-state index in [1.165, 1.54) is 7.11 Å². The Balaban J connectivity index is 1.99. The predicted octanol–water partition coefficient (Wildman–Crippen LogP) is 1.82. The lowest BCUT2D eigenvalue weighted by molar-refractivity contribution is -0.150. The summed E-state index contributed by atoms with van der Waals surface area (Å²) in [6.45, 7) is 2.55. The van der Waals surface area contributed by atoms with Crippen LogP contribution in [0.4, 0.5) is 0 Å². The fourth-order valence-corrected chi connectivity index (χ4v) is 1.83. The molecule has 0 spiro atoms. The number of benzene rings is 1. The van der Waals surface area contributed by atoms with E-state index in [0.717, 1.165) is 5.75 Å². The molecule has 0 radical (unpaired) electrons. The molecular formula is C13H16O4. The summed E-state index contributed by atoms with van der Waals surface area (Å²) >= 11 is 0. The minimum absolute atomic E-state index is 0.0958. The number of carbonyl (C=O) groups is 1. The van der Waals surface area contributed by atoms with E-state index in [9.17, 15) is 4.79 Å². The van der Waals surface area contributed by atoms with Crippen molar-refractivity contribution in [3.63, 3.8) is 0 Å². The Morgan fingerprint density at radius 1 is 1.35 bits per heavy atom. The van der Waals surface area contributed by atoms with E-state index in [-0.39, 0.29) is 11.9 Å². The molecule has 0 aromatic heterocycles. The molecule has 1 saturated carbocycles. The van der Waals surface area contributed by atoms with Crippen molar-refractivity contribution in [1.29, 1.82) is 0 Å². The maximum absolute atomic E-state index is 11.2. The van der Waals surface area contributed by atoms with Crippen LogP contribution in [0.25, 0.3) is 0 Å². The minimum atomic E-state index is -0.425. The van der Waals surface area contributed by atoms with Crippen LogP contribution in [0.1, 0.15) is 13.3 Å². The van der Waals surface area contributed by atoms with Crippen molar-refractivity contribution in [2.24, 2.45) is 0 Å². The number of methoxy groups -OCH3 is 1. The largest absolute Gasteiger partial charge is 0.494 e. The van der Waals surface area contributed by atoms with Gasteiger partial charge in [0.2, 0.25) is 0 Å². The van der Waals surface area contributed by atoms with Crippen LogP contribution in [0.15, 0.2) is 24.3 Å². The van der Waals surface area contributed by atoms with E-state index in [1.807, 2.05) is 31.2 Å². The molecule has 1 aliphatic rings. The van der Waals surface area contributed by atoms with E-state index >= 15 is 0 Å². The maximum Gasteiger partial charge on any atom is 0.169 e. The Morgan fingerprint density at radius 2 is 2.12 bits per heavy atom. The van der Waals surface area contributed by atoms with Crippen molar-refractivity contribution in [3.8, 4) is 11.5 Å². The van der Waals surface area contributed by atoms with Gasteiger partial charge in [-0.3, -0.25) is 4.79 Å². The molecular weight excluding hydrogens is 220 g/mol. The van der Waals surface area contributed by atoms with Crippen LogP contribution < -0.4 is 9.47 Å². The molecule has 17 heavy (non-hydrogen) atoms. The molecule has 92 valence electrons. The number of ether oxygens (including phenoxy) is 3. The van der Waals surface area contributed by atoms with E-state index in [1.54, 1.807) is 0 Å². The lowest BCUT2D eigenvalue weighted by Crippen LogP contribution is -2.51. The van der Waals surface area contributed by atoms with Gasteiger partial charge in [-0.1, -0.05) is 6.07 Å². The fourth-order valence-electron chi connectivity index (χ4n) is 1.83. The van der Waals surface area contributed by atoms with Gasteiger partial charge in [-0.05, 0) is 19.1 Å². The summed E-state index contributed by atoms with van der Waals surface area (Å²) in [6.07, 6.45) is -0.188. The van der Waals surface area contributed by atoms with Gasteiger partial charge in [0, 0.05) is 19.6 Å². The smallest absolute Gasteiger partial charge is 0.169 e. The van der Waals surface area contributed by atoms with Gasteiger partial charge >= 0.3 is 0 Å². The number of carbonyl (C=O) groups excluding carboxylic acids is 1. The summed E-state index contributed by atoms with van der Waals surface area (Å²) in [4.78, 5) is 11.2. The predicted molar refractivity (Wildman–Crippen MR) is 62.4 cm³/mol. The van der Waals surface area contributed by atoms with Gasteiger partial charge in [-0.15, -0.1) is 0 Å². The fraction of sp³-hybridized carbons (Fsp3) is 0.462. The number of Topliss-reactive ketones (excluding diaryl/α,β-unsaturated/α-hetero) is 1. The molecule has 1 aromatic rings. The van der Waals surface area contributed by atoms with Gasteiger partial charge in [0.25, 0.3) is 0 Å². The third-order valence-electron chi connectivity index (χ3n) is 2.72. The maximum atomic E-state index is 11.2. The zero-order valence-electron chi connectivity index (χ0n) is 10.0. The zero-order valence-corrected chi connectivity index (χ0v) is 10.0. The minimum Gasteiger partial charge on any atom is -0.494 e. The highest BCUT2D eigenvalue weighted by molar-refractivity contribution is 5.90. The van der Waals surface area contributed by atoms with Gasteiger partial charge < -0.3 is 14.2 Å². The molecule has 0 heterocycles. The Bertz CT molecular complexity index is 402.